The molecule has 5 heteroatoms. The SMILES string of the molecule is CCNc1ncnc(N(C)C2CCOC2)c1C. The molecule has 1 fully saturated rings. The van der Waals surface area contributed by atoms with Crippen LogP contribution in [0.15, 0.2) is 6.33 Å². The third-order valence-electron chi connectivity index (χ3n) is 3.19. The van der Waals surface area contributed by atoms with E-state index in [1.165, 1.54) is 0 Å². The first-order valence-corrected chi connectivity index (χ1v) is 6.10. The van der Waals surface area contributed by atoms with E-state index in [4.69, 9.17) is 4.74 Å². The van der Waals surface area contributed by atoms with Crippen LogP contribution in [0.1, 0.15) is 18.9 Å². The molecule has 0 aromatic carbocycles. The van der Waals surface area contributed by atoms with Crippen LogP contribution in [0.4, 0.5) is 11.6 Å². The zero-order valence-corrected chi connectivity index (χ0v) is 10.7. The van der Waals surface area contributed by atoms with Gasteiger partial charge < -0.3 is 15.0 Å². The largest absolute Gasteiger partial charge is 0.379 e. The van der Waals surface area contributed by atoms with Crippen LogP contribution in [0, 0.1) is 6.92 Å². The Balaban J connectivity index is 2.21. The zero-order valence-electron chi connectivity index (χ0n) is 10.7. The summed E-state index contributed by atoms with van der Waals surface area (Å²) in [6, 6.07) is 0.429. The van der Waals surface area contributed by atoms with E-state index >= 15 is 0 Å². The minimum atomic E-state index is 0.429. The van der Waals surface area contributed by atoms with Gasteiger partial charge in [0.25, 0.3) is 0 Å². The Morgan fingerprint density at radius 2 is 2.35 bits per heavy atom. The van der Waals surface area contributed by atoms with Crippen LogP contribution in [-0.4, -0.2) is 42.8 Å². The van der Waals surface area contributed by atoms with Crippen molar-refractivity contribution in [3.05, 3.63) is 11.9 Å². The third-order valence-corrected chi connectivity index (χ3v) is 3.19. The lowest BCUT2D eigenvalue weighted by Gasteiger charge is -2.26. The van der Waals surface area contributed by atoms with Crippen molar-refractivity contribution in [1.29, 1.82) is 0 Å². The lowest BCUT2D eigenvalue weighted by molar-refractivity contribution is 0.193. The highest BCUT2D eigenvalue weighted by atomic mass is 16.5. The van der Waals surface area contributed by atoms with Gasteiger partial charge in [-0.3, -0.25) is 0 Å². The Hall–Kier alpha value is -1.36. The number of likely N-dealkylation sites (N-methyl/N-ethyl adjacent to an activating group) is 1. The Morgan fingerprint density at radius 1 is 1.53 bits per heavy atom. The minimum Gasteiger partial charge on any atom is -0.379 e. The molecule has 0 radical (unpaired) electrons. The molecule has 1 unspecified atom stereocenters. The maximum absolute atomic E-state index is 5.42. The van der Waals surface area contributed by atoms with Crippen LogP contribution in [0.3, 0.4) is 0 Å². The van der Waals surface area contributed by atoms with Crippen LogP contribution in [0.2, 0.25) is 0 Å². The second-order valence-electron chi connectivity index (χ2n) is 4.33. The van der Waals surface area contributed by atoms with Gasteiger partial charge in [-0.2, -0.15) is 0 Å². The van der Waals surface area contributed by atoms with Crippen molar-refractivity contribution in [2.75, 3.05) is 37.0 Å². The molecule has 1 saturated heterocycles. The van der Waals surface area contributed by atoms with Gasteiger partial charge in [-0.15, -0.1) is 0 Å². The monoisotopic (exact) mass is 236 g/mol. The summed E-state index contributed by atoms with van der Waals surface area (Å²) < 4.78 is 5.42. The van der Waals surface area contributed by atoms with Crippen LogP contribution < -0.4 is 10.2 Å². The molecule has 2 heterocycles. The fourth-order valence-electron chi connectivity index (χ4n) is 2.14. The molecule has 5 nitrogen and oxygen atoms in total. The Morgan fingerprint density at radius 3 is 3.00 bits per heavy atom. The fraction of sp³-hybridized carbons (Fsp3) is 0.667. The molecule has 0 spiro atoms. The highest BCUT2D eigenvalue weighted by Crippen LogP contribution is 2.24. The van der Waals surface area contributed by atoms with E-state index in [9.17, 15) is 0 Å². The summed E-state index contributed by atoms with van der Waals surface area (Å²) in [6.07, 6.45) is 2.68. The molecule has 0 amide bonds. The summed E-state index contributed by atoms with van der Waals surface area (Å²) in [7, 11) is 2.07. The quantitative estimate of drug-likeness (QED) is 0.857. The number of anilines is 2. The van der Waals surface area contributed by atoms with Gasteiger partial charge in [-0.05, 0) is 20.3 Å². The molecule has 1 N–H and O–H groups in total. The van der Waals surface area contributed by atoms with Gasteiger partial charge in [-0.25, -0.2) is 9.97 Å². The van der Waals surface area contributed by atoms with Crippen molar-refractivity contribution in [2.45, 2.75) is 26.3 Å². The van der Waals surface area contributed by atoms with E-state index in [1.807, 2.05) is 0 Å². The van der Waals surface area contributed by atoms with Crippen molar-refractivity contribution < 1.29 is 4.74 Å². The number of nitrogens with one attached hydrogen (secondary N) is 1. The summed E-state index contributed by atoms with van der Waals surface area (Å²) in [5, 5.41) is 3.25. The van der Waals surface area contributed by atoms with Gasteiger partial charge in [0.05, 0.1) is 12.6 Å². The van der Waals surface area contributed by atoms with Gasteiger partial charge in [-0.1, -0.05) is 0 Å². The Kier molecular flexibility index (Phi) is 3.78. The number of ether oxygens (including phenoxy) is 1. The summed E-state index contributed by atoms with van der Waals surface area (Å²) in [6.45, 7) is 6.62. The normalized spacial score (nSPS) is 19.4. The number of aromatic nitrogens is 2. The Labute approximate surface area is 102 Å². The van der Waals surface area contributed by atoms with Crippen molar-refractivity contribution in [3.63, 3.8) is 0 Å². The van der Waals surface area contributed by atoms with Gasteiger partial charge in [0.15, 0.2) is 0 Å². The predicted molar refractivity (Wildman–Crippen MR) is 68.6 cm³/mol. The maximum atomic E-state index is 5.42. The molecule has 0 bridgehead atoms. The van der Waals surface area contributed by atoms with E-state index in [0.29, 0.717) is 6.04 Å². The third kappa shape index (κ3) is 2.49. The van der Waals surface area contributed by atoms with Crippen LogP contribution in [0.5, 0.6) is 0 Å². The second kappa shape index (κ2) is 5.31. The number of rotatable bonds is 4. The summed E-state index contributed by atoms with van der Waals surface area (Å²) in [5.41, 5.74) is 1.10. The smallest absolute Gasteiger partial charge is 0.137 e. The highest BCUT2D eigenvalue weighted by molar-refractivity contribution is 5.58. The Bertz CT molecular complexity index is 377. The van der Waals surface area contributed by atoms with Gasteiger partial charge in [0, 0.05) is 25.8 Å². The van der Waals surface area contributed by atoms with E-state index in [-0.39, 0.29) is 0 Å². The average molecular weight is 236 g/mol. The fourth-order valence-corrected chi connectivity index (χ4v) is 2.14. The van der Waals surface area contributed by atoms with E-state index in [1.54, 1.807) is 6.33 Å². The molecule has 0 saturated carbocycles. The van der Waals surface area contributed by atoms with E-state index in [0.717, 1.165) is 43.4 Å². The number of nitrogens with zero attached hydrogens (tertiary/aromatic N) is 3. The zero-order chi connectivity index (χ0) is 12.3. The van der Waals surface area contributed by atoms with Crippen LogP contribution >= 0.6 is 0 Å². The van der Waals surface area contributed by atoms with E-state index < -0.39 is 0 Å². The van der Waals surface area contributed by atoms with Crippen molar-refractivity contribution >= 4 is 11.6 Å². The average Bonchev–Trinajstić information content (AvgIpc) is 2.85. The standard InChI is InChI=1S/C12H20N4O/c1-4-13-11-9(2)12(15-8-14-11)16(3)10-5-6-17-7-10/h8,10H,4-7H2,1-3H3,(H,13,14,15). The molecular formula is C12H20N4O. The molecule has 1 aliphatic rings. The summed E-state index contributed by atoms with van der Waals surface area (Å²) in [4.78, 5) is 10.8. The summed E-state index contributed by atoms with van der Waals surface area (Å²) in [5.74, 6) is 1.91. The predicted octanol–water partition coefficient (Wildman–Crippen LogP) is 1.44. The lowest BCUT2D eigenvalue weighted by atomic mass is 10.2. The van der Waals surface area contributed by atoms with Gasteiger partial charge >= 0.3 is 0 Å². The van der Waals surface area contributed by atoms with Crippen molar-refractivity contribution in [2.24, 2.45) is 0 Å². The summed E-state index contributed by atoms with van der Waals surface area (Å²) >= 11 is 0. The van der Waals surface area contributed by atoms with Gasteiger partial charge in [0.1, 0.15) is 18.0 Å². The molecule has 2 rings (SSSR count). The molecule has 17 heavy (non-hydrogen) atoms. The minimum absolute atomic E-state index is 0.429. The topological polar surface area (TPSA) is 50.3 Å². The first-order chi connectivity index (χ1) is 8.24. The molecule has 94 valence electrons. The molecule has 0 aliphatic carbocycles. The maximum Gasteiger partial charge on any atom is 0.137 e. The molecule has 1 aromatic heterocycles. The van der Waals surface area contributed by atoms with Gasteiger partial charge in [0.2, 0.25) is 0 Å². The number of hydrogen-bond acceptors (Lipinski definition) is 5. The molecule has 1 aromatic rings. The lowest BCUT2D eigenvalue weighted by Crippen LogP contribution is -2.33. The number of hydrogen-bond donors (Lipinski definition) is 1. The van der Waals surface area contributed by atoms with Crippen LogP contribution in [0.25, 0.3) is 0 Å². The second-order valence-corrected chi connectivity index (χ2v) is 4.33. The van der Waals surface area contributed by atoms with Crippen LogP contribution in [-0.2, 0) is 4.74 Å². The van der Waals surface area contributed by atoms with Crippen molar-refractivity contribution in [3.8, 4) is 0 Å². The van der Waals surface area contributed by atoms with Crippen molar-refractivity contribution in [1.82, 2.24) is 9.97 Å². The molecule has 1 aliphatic heterocycles. The highest BCUT2D eigenvalue weighted by Gasteiger charge is 2.23. The molecular weight excluding hydrogens is 216 g/mol. The molecule has 1 atom stereocenters. The van der Waals surface area contributed by atoms with E-state index in [2.05, 4.69) is 41.1 Å². The first-order valence-electron chi connectivity index (χ1n) is 6.10. The first kappa shape index (κ1) is 12.1.